The number of nitrogens with zero attached hydrogens (tertiary/aromatic N) is 1. The molecule has 1 aromatic rings. The molecule has 0 bridgehead atoms. The first-order valence-electron chi connectivity index (χ1n) is 14.8. The highest BCUT2D eigenvalue weighted by atomic mass is 35.5. The third-order valence-electron chi connectivity index (χ3n) is 8.47. The van der Waals surface area contributed by atoms with E-state index in [0.29, 0.717) is 43.4 Å². The highest BCUT2D eigenvalue weighted by Gasteiger charge is 2.43. The minimum atomic E-state index is -0.750. The van der Waals surface area contributed by atoms with Crippen molar-refractivity contribution in [1.29, 1.82) is 0 Å². The summed E-state index contributed by atoms with van der Waals surface area (Å²) in [6.07, 6.45) is 9.73. The fourth-order valence-corrected chi connectivity index (χ4v) is 6.82. The van der Waals surface area contributed by atoms with Gasteiger partial charge in [0.05, 0.1) is 12.6 Å². The average Bonchev–Trinajstić information content (AvgIpc) is 2.95. The molecule has 1 aromatic carbocycles. The maximum atomic E-state index is 13.6. The number of carbonyl (C=O) groups excluding carboxylic acids is 3. The van der Waals surface area contributed by atoms with Gasteiger partial charge < -0.3 is 30.9 Å². The van der Waals surface area contributed by atoms with E-state index in [1.807, 2.05) is 36.2 Å². The monoisotopic (exact) mass is 577 g/mol. The first kappa shape index (κ1) is 32.0. The van der Waals surface area contributed by atoms with Gasteiger partial charge in [-0.2, -0.15) is 0 Å². The predicted molar refractivity (Wildman–Crippen MR) is 158 cm³/mol. The summed E-state index contributed by atoms with van der Waals surface area (Å²) in [7, 11) is 3.26. The number of halogens is 1. The number of hydrogen-bond acceptors (Lipinski definition) is 5. The van der Waals surface area contributed by atoms with Crippen molar-refractivity contribution in [2.24, 2.45) is 11.8 Å². The van der Waals surface area contributed by atoms with E-state index in [1.165, 1.54) is 46.1 Å². The number of urea groups is 1. The Morgan fingerprint density at radius 1 is 1.15 bits per heavy atom. The second-order valence-electron chi connectivity index (χ2n) is 11.4. The summed E-state index contributed by atoms with van der Waals surface area (Å²) < 4.78 is 4.71. The molecule has 3 atom stereocenters. The van der Waals surface area contributed by atoms with Crippen LogP contribution in [0, 0.1) is 11.8 Å². The number of alkyl carbamates (subject to hydrolysis) is 1. The lowest BCUT2D eigenvalue weighted by Gasteiger charge is -2.46. The maximum absolute atomic E-state index is 13.6. The van der Waals surface area contributed by atoms with Gasteiger partial charge in [-0.05, 0) is 62.8 Å². The number of carbonyl (C=O) groups is 3. The normalized spacial score (nSPS) is 20.2. The molecule has 1 saturated carbocycles. The van der Waals surface area contributed by atoms with Crippen LogP contribution in [0.3, 0.4) is 0 Å². The number of piperidine rings is 1. The highest BCUT2D eigenvalue weighted by molar-refractivity contribution is 6.30. The molecular formula is C30H48ClN5O4. The van der Waals surface area contributed by atoms with E-state index in [0.717, 1.165) is 31.4 Å². The number of rotatable bonds is 12. The fourth-order valence-electron chi connectivity index (χ4n) is 6.63. The van der Waals surface area contributed by atoms with Gasteiger partial charge in [-0.1, -0.05) is 55.8 Å². The summed E-state index contributed by atoms with van der Waals surface area (Å²) in [5, 5.41) is 13.2. The van der Waals surface area contributed by atoms with Crippen molar-refractivity contribution in [3.05, 3.63) is 34.9 Å². The van der Waals surface area contributed by atoms with Crippen molar-refractivity contribution in [1.82, 2.24) is 26.2 Å². The van der Waals surface area contributed by atoms with Crippen LogP contribution in [0.2, 0.25) is 5.02 Å². The van der Waals surface area contributed by atoms with Crippen molar-refractivity contribution in [2.45, 2.75) is 82.7 Å². The molecule has 224 valence electrons. The Kier molecular flexibility index (Phi) is 12.8. The van der Waals surface area contributed by atoms with Gasteiger partial charge >= 0.3 is 12.1 Å². The lowest BCUT2D eigenvalue weighted by atomic mass is 9.71. The van der Waals surface area contributed by atoms with Gasteiger partial charge in [-0.25, -0.2) is 9.59 Å². The van der Waals surface area contributed by atoms with Crippen LogP contribution in [0.5, 0.6) is 0 Å². The van der Waals surface area contributed by atoms with Crippen LogP contribution >= 0.6 is 11.6 Å². The molecule has 40 heavy (non-hydrogen) atoms. The van der Waals surface area contributed by atoms with Crippen LogP contribution in [0.4, 0.5) is 9.59 Å². The number of nitrogens with one attached hydrogen (secondary N) is 4. The molecule has 0 aromatic heterocycles. The van der Waals surface area contributed by atoms with Crippen molar-refractivity contribution in [3.63, 3.8) is 0 Å². The number of methoxy groups -OCH3 is 1. The molecule has 2 aliphatic rings. The van der Waals surface area contributed by atoms with Crippen molar-refractivity contribution < 1.29 is 19.1 Å². The number of hydrogen-bond donors (Lipinski definition) is 4. The molecule has 0 radical (unpaired) electrons. The van der Waals surface area contributed by atoms with Crippen LogP contribution < -0.4 is 21.3 Å². The second-order valence-corrected chi connectivity index (χ2v) is 11.9. The van der Waals surface area contributed by atoms with Crippen molar-refractivity contribution in [2.75, 3.05) is 40.3 Å². The van der Waals surface area contributed by atoms with E-state index < -0.39 is 11.6 Å². The standard InChI is InChI=1S/C30H48ClN5O4/c1-22(37)35-30(15-9-16-33-29(39)40-3,24-12-7-14-26(31)19-24)25-13-8-17-36(21-25)28(38)34-27(20-32-2)18-23-10-5-4-6-11-23/h7,12,14,19,23,25,27,32H,4-6,8-11,13,15-18,20-21H2,1-3H3,(H,33,39)(H,34,38)(H,35,37). The van der Waals surface area contributed by atoms with Crippen LogP contribution in [-0.2, 0) is 15.1 Å². The molecule has 9 nitrogen and oxygen atoms in total. The lowest BCUT2D eigenvalue weighted by molar-refractivity contribution is -0.122. The summed E-state index contributed by atoms with van der Waals surface area (Å²) in [6, 6.07) is 7.63. The number of ether oxygens (including phenoxy) is 1. The first-order valence-corrected chi connectivity index (χ1v) is 15.2. The predicted octanol–water partition coefficient (Wildman–Crippen LogP) is 4.79. The lowest BCUT2D eigenvalue weighted by Crippen LogP contribution is -2.58. The van der Waals surface area contributed by atoms with E-state index in [-0.39, 0.29) is 23.9 Å². The Labute approximate surface area is 244 Å². The van der Waals surface area contributed by atoms with Gasteiger partial charge in [0.1, 0.15) is 0 Å². The van der Waals surface area contributed by atoms with Crippen LogP contribution in [0.1, 0.15) is 76.7 Å². The Morgan fingerprint density at radius 3 is 2.60 bits per heavy atom. The Bertz CT molecular complexity index is 973. The summed E-state index contributed by atoms with van der Waals surface area (Å²) in [5.74, 6) is 0.480. The molecule has 3 unspecified atom stereocenters. The van der Waals surface area contributed by atoms with Gasteiger partial charge in [0, 0.05) is 50.1 Å². The first-order chi connectivity index (χ1) is 19.3. The Balaban J connectivity index is 1.79. The van der Waals surface area contributed by atoms with Gasteiger partial charge in [0.2, 0.25) is 5.91 Å². The molecule has 10 heteroatoms. The molecular weight excluding hydrogens is 530 g/mol. The summed E-state index contributed by atoms with van der Waals surface area (Å²) >= 11 is 6.43. The molecule has 0 spiro atoms. The zero-order valence-electron chi connectivity index (χ0n) is 24.4. The maximum Gasteiger partial charge on any atom is 0.406 e. The van der Waals surface area contributed by atoms with E-state index in [2.05, 4.69) is 21.3 Å². The second kappa shape index (κ2) is 16.1. The third kappa shape index (κ3) is 9.26. The SMILES string of the molecule is CNCC(CC1CCCCC1)NC(=O)N1CCCC(C(CCCNC(=O)OC)(NC(C)=O)c2cccc(Cl)c2)C1. The zero-order chi connectivity index (χ0) is 29.0. The Morgan fingerprint density at radius 2 is 1.93 bits per heavy atom. The number of amides is 4. The topological polar surface area (TPSA) is 112 Å². The van der Waals surface area contributed by atoms with E-state index >= 15 is 0 Å². The third-order valence-corrected chi connectivity index (χ3v) is 8.70. The average molecular weight is 578 g/mol. The van der Waals surface area contributed by atoms with Gasteiger partial charge in [0.25, 0.3) is 0 Å². The zero-order valence-corrected chi connectivity index (χ0v) is 25.2. The van der Waals surface area contributed by atoms with Crippen molar-refractivity contribution >= 4 is 29.6 Å². The van der Waals surface area contributed by atoms with Gasteiger partial charge in [0.15, 0.2) is 0 Å². The van der Waals surface area contributed by atoms with Gasteiger partial charge in [-0.3, -0.25) is 4.79 Å². The van der Waals surface area contributed by atoms with Crippen LogP contribution in [0.25, 0.3) is 0 Å². The number of benzene rings is 1. The minimum absolute atomic E-state index is 0.0337. The largest absolute Gasteiger partial charge is 0.453 e. The summed E-state index contributed by atoms with van der Waals surface area (Å²) in [4.78, 5) is 39.8. The molecule has 1 aliphatic carbocycles. The number of likely N-dealkylation sites (tertiary alicyclic amines) is 1. The van der Waals surface area contributed by atoms with E-state index in [1.54, 1.807) is 0 Å². The molecule has 3 rings (SSSR count). The molecule has 4 amide bonds. The minimum Gasteiger partial charge on any atom is -0.453 e. The Hall–Kier alpha value is -2.52. The van der Waals surface area contributed by atoms with E-state index in [4.69, 9.17) is 16.3 Å². The molecule has 1 heterocycles. The van der Waals surface area contributed by atoms with Crippen molar-refractivity contribution in [3.8, 4) is 0 Å². The van der Waals surface area contributed by atoms with Gasteiger partial charge in [-0.15, -0.1) is 0 Å². The summed E-state index contributed by atoms with van der Waals surface area (Å²) in [6.45, 7) is 3.85. The summed E-state index contributed by atoms with van der Waals surface area (Å²) in [5.41, 5.74) is 0.158. The van der Waals surface area contributed by atoms with Crippen LogP contribution in [-0.4, -0.2) is 69.3 Å². The molecule has 2 fully saturated rings. The molecule has 1 aliphatic heterocycles. The quantitative estimate of drug-likeness (QED) is 0.267. The number of likely N-dealkylation sites (N-methyl/N-ethyl adjacent to an activating group) is 1. The molecule has 4 N–H and O–H groups in total. The molecule has 1 saturated heterocycles. The fraction of sp³-hybridized carbons (Fsp3) is 0.700. The van der Waals surface area contributed by atoms with Crippen LogP contribution in [0.15, 0.2) is 24.3 Å². The highest BCUT2D eigenvalue weighted by Crippen LogP contribution is 2.40. The smallest absolute Gasteiger partial charge is 0.406 e. The van der Waals surface area contributed by atoms with E-state index in [9.17, 15) is 14.4 Å².